The Balaban J connectivity index is 2.10. The fourth-order valence-corrected chi connectivity index (χ4v) is 2.51. The molecular weight excluding hydrogens is 405 g/mol. The molecule has 0 radical (unpaired) electrons. The maximum absolute atomic E-state index is 13.6. The van der Waals surface area contributed by atoms with Crippen molar-refractivity contribution < 1.29 is 31.5 Å². The Labute approximate surface area is 171 Å². The van der Waals surface area contributed by atoms with Crippen LogP contribution in [0.25, 0.3) is 6.08 Å². The van der Waals surface area contributed by atoms with Crippen molar-refractivity contribution in [3.8, 4) is 5.75 Å². The van der Waals surface area contributed by atoms with Gasteiger partial charge in [0.15, 0.2) is 0 Å². The zero-order valence-electron chi connectivity index (χ0n) is 16.6. The van der Waals surface area contributed by atoms with Crippen LogP contribution in [-0.4, -0.2) is 12.5 Å². The number of hydrogen-bond acceptors (Lipinski definition) is 2. The number of unbranched alkanes of at least 4 members (excludes halogenated alkanes) is 1. The van der Waals surface area contributed by atoms with E-state index in [-0.39, 0.29) is 30.0 Å². The van der Waals surface area contributed by atoms with Crippen LogP contribution in [0.4, 0.5) is 22.0 Å². The van der Waals surface area contributed by atoms with Crippen molar-refractivity contribution in [2.45, 2.75) is 39.4 Å². The van der Waals surface area contributed by atoms with E-state index in [1.165, 1.54) is 19.1 Å². The van der Waals surface area contributed by atoms with Crippen molar-refractivity contribution >= 4 is 12.0 Å². The zero-order chi connectivity index (χ0) is 22.3. The minimum Gasteiger partial charge on any atom is -0.493 e. The van der Waals surface area contributed by atoms with Crippen LogP contribution in [0, 0.1) is 18.6 Å². The van der Waals surface area contributed by atoms with Crippen molar-refractivity contribution in [3.05, 3.63) is 70.3 Å². The van der Waals surface area contributed by atoms with Gasteiger partial charge in [0.1, 0.15) is 17.4 Å². The molecular formula is C22H22F5NO2. The van der Waals surface area contributed by atoms with E-state index >= 15 is 0 Å². The summed E-state index contributed by atoms with van der Waals surface area (Å²) in [6.07, 6.45) is -0.583. The quantitative estimate of drug-likeness (QED) is 0.329. The molecule has 2 rings (SSSR count). The monoisotopic (exact) mass is 427 g/mol. The van der Waals surface area contributed by atoms with Crippen LogP contribution in [0.15, 0.2) is 36.4 Å². The molecule has 3 nitrogen and oxygen atoms in total. The van der Waals surface area contributed by atoms with Gasteiger partial charge in [-0.2, -0.15) is 13.2 Å². The van der Waals surface area contributed by atoms with Crippen molar-refractivity contribution in [1.29, 1.82) is 0 Å². The van der Waals surface area contributed by atoms with Crippen LogP contribution >= 0.6 is 0 Å². The van der Waals surface area contributed by atoms with E-state index in [0.717, 1.165) is 36.8 Å². The highest BCUT2D eigenvalue weighted by Crippen LogP contribution is 2.33. The van der Waals surface area contributed by atoms with E-state index in [9.17, 15) is 26.7 Å². The lowest BCUT2D eigenvalue weighted by molar-refractivity contribution is -0.137. The smallest absolute Gasteiger partial charge is 0.416 e. The Morgan fingerprint density at radius 1 is 1.13 bits per heavy atom. The molecule has 0 aliphatic rings. The van der Waals surface area contributed by atoms with Gasteiger partial charge in [-0.15, -0.1) is 0 Å². The molecule has 0 bridgehead atoms. The first-order valence-electron chi connectivity index (χ1n) is 9.36. The van der Waals surface area contributed by atoms with E-state index in [0.29, 0.717) is 12.0 Å². The second-order valence-electron chi connectivity index (χ2n) is 6.69. The van der Waals surface area contributed by atoms with Gasteiger partial charge in [0.2, 0.25) is 5.91 Å². The van der Waals surface area contributed by atoms with Crippen LogP contribution < -0.4 is 10.1 Å². The number of carbonyl (C=O) groups excluding carboxylic acids is 1. The van der Waals surface area contributed by atoms with E-state index in [1.54, 1.807) is 0 Å². The fourth-order valence-electron chi connectivity index (χ4n) is 2.51. The molecule has 0 aliphatic heterocycles. The minimum atomic E-state index is -4.51. The molecule has 0 saturated carbocycles. The SMILES string of the molecule is CCCCOc1cc(C(F)(F)F)ccc1/C=C/C(=O)NCc1cc(F)c(C)c(F)c1. The number of ether oxygens (including phenoxy) is 1. The van der Waals surface area contributed by atoms with Crippen molar-refractivity contribution in [2.75, 3.05) is 6.61 Å². The Bertz CT molecular complexity index is 899. The first-order valence-corrected chi connectivity index (χ1v) is 9.36. The van der Waals surface area contributed by atoms with Gasteiger partial charge in [-0.05, 0) is 49.2 Å². The summed E-state index contributed by atoms with van der Waals surface area (Å²) in [6.45, 7) is 3.37. The zero-order valence-corrected chi connectivity index (χ0v) is 16.6. The molecule has 2 aromatic rings. The normalized spacial score (nSPS) is 11.7. The van der Waals surface area contributed by atoms with Crippen LogP contribution in [0.5, 0.6) is 5.75 Å². The number of halogens is 5. The molecule has 0 saturated heterocycles. The third-order valence-corrected chi connectivity index (χ3v) is 4.32. The average Bonchev–Trinajstić information content (AvgIpc) is 2.68. The highest BCUT2D eigenvalue weighted by molar-refractivity contribution is 5.92. The van der Waals surface area contributed by atoms with E-state index < -0.39 is 29.3 Å². The average molecular weight is 427 g/mol. The molecule has 1 N–H and O–H groups in total. The summed E-state index contributed by atoms with van der Waals surface area (Å²) in [4.78, 5) is 12.0. The van der Waals surface area contributed by atoms with Gasteiger partial charge in [0.05, 0.1) is 12.2 Å². The molecule has 162 valence electrons. The van der Waals surface area contributed by atoms with E-state index in [4.69, 9.17) is 4.74 Å². The maximum atomic E-state index is 13.6. The molecule has 0 aliphatic carbocycles. The molecule has 0 aromatic heterocycles. The predicted octanol–water partition coefficient (Wildman–Crippen LogP) is 5.80. The number of carbonyl (C=O) groups is 1. The molecule has 30 heavy (non-hydrogen) atoms. The van der Waals surface area contributed by atoms with Crippen molar-refractivity contribution in [3.63, 3.8) is 0 Å². The Morgan fingerprint density at radius 3 is 2.40 bits per heavy atom. The second kappa shape index (κ2) is 10.2. The summed E-state index contributed by atoms with van der Waals surface area (Å²) < 4.78 is 71.4. The summed E-state index contributed by atoms with van der Waals surface area (Å²) in [7, 11) is 0. The summed E-state index contributed by atoms with van der Waals surface area (Å²) in [5.41, 5.74) is -0.404. The third-order valence-electron chi connectivity index (χ3n) is 4.32. The number of hydrogen-bond donors (Lipinski definition) is 1. The van der Waals surface area contributed by atoms with Gasteiger partial charge in [-0.25, -0.2) is 8.78 Å². The Morgan fingerprint density at radius 2 is 1.80 bits per heavy atom. The maximum Gasteiger partial charge on any atom is 0.416 e. The Kier molecular flexibility index (Phi) is 7.97. The van der Waals surface area contributed by atoms with E-state index in [2.05, 4.69) is 5.32 Å². The molecule has 1 amide bonds. The summed E-state index contributed by atoms with van der Waals surface area (Å²) in [6, 6.07) is 5.27. The predicted molar refractivity (Wildman–Crippen MR) is 104 cm³/mol. The van der Waals surface area contributed by atoms with Crippen LogP contribution in [0.3, 0.4) is 0 Å². The van der Waals surface area contributed by atoms with Gasteiger partial charge in [-0.1, -0.05) is 19.4 Å². The van der Waals surface area contributed by atoms with E-state index in [1.807, 2.05) is 6.92 Å². The molecule has 0 atom stereocenters. The fraction of sp³-hybridized carbons (Fsp3) is 0.318. The van der Waals surface area contributed by atoms with Gasteiger partial charge >= 0.3 is 6.18 Å². The highest BCUT2D eigenvalue weighted by Gasteiger charge is 2.31. The van der Waals surface area contributed by atoms with Crippen LogP contribution in [0.1, 0.15) is 42.0 Å². The number of alkyl halides is 3. The minimum absolute atomic E-state index is 0.0185. The molecule has 0 heterocycles. The van der Waals surface area contributed by atoms with Crippen molar-refractivity contribution in [2.24, 2.45) is 0 Å². The van der Waals surface area contributed by atoms with Crippen LogP contribution in [-0.2, 0) is 17.5 Å². The number of benzene rings is 2. The molecule has 0 fully saturated rings. The molecule has 0 unspecified atom stereocenters. The summed E-state index contributed by atoms with van der Waals surface area (Å²) in [5, 5.41) is 2.47. The number of nitrogens with one attached hydrogen (secondary N) is 1. The Hall–Kier alpha value is -2.90. The highest BCUT2D eigenvalue weighted by atomic mass is 19.4. The number of rotatable bonds is 8. The van der Waals surface area contributed by atoms with Crippen molar-refractivity contribution in [1.82, 2.24) is 5.32 Å². The molecule has 0 spiro atoms. The lowest BCUT2D eigenvalue weighted by atomic mass is 10.1. The van der Waals surface area contributed by atoms with Gasteiger partial charge in [0.25, 0.3) is 0 Å². The molecule has 2 aromatic carbocycles. The lowest BCUT2D eigenvalue weighted by Crippen LogP contribution is -2.20. The molecule has 8 heteroatoms. The van der Waals surface area contributed by atoms with Gasteiger partial charge in [0, 0.05) is 23.7 Å². The second-order valence-corrected chi connectivity index (χ2v) is 6.69. The summed E-state index contributed by atoms with van der Waals surface area (Å²) in [5.74, 6) is -1.98. The summed E-state index contributed by atoms with van der Waals surface area (Å²) >= 11 is 0. The first kappa shape index (κ1) is 23.4. The standard InChI is InChI=1S/C22H22F5NO2/c1-3-4-9-30-20-12-17(22(25,26)27)7-5-16(20)6-8-21(29)28-13-15-10-18(23)14(2)19(24)11-15/h5-8,10-12H,3-4,9,13H2,1-2H3,(H,28,29)/b8-6+. The largest absolute Gasteiger partial charge is 0.493 e. The topological polar surface area (TPSA) is 38.3 Å². The first-order chi connectivity index (χ1) is 14.1. The lowest BCUT2D eigenvalue weighted by Gasteiger charge is -2.13. The van der Waals surface area contributed by atoms with Gasteiger partial charge in [-0.3, -0.25) is 4.79 Å². The third kappa shape index (κ3) is 6.57. The van der Waals surface area contributed by atoms with Gasteiger partial charge < -0.3 is 10.1 Å². The number of amides is 1. The van der Waals surface area contributed by atoms with Crippen LogP contribution in [0.2, 0.25) is 0 Å².